The van der Waals surface area contributed by atoms with E-state index in [9.17, 15) is 0 Å². The number of nitrogens with zero attached hydrogens (tertiary/aromatic N) is 1. The summed E-state index contributed by atoms with van der Waals surface area (Å²) < 4.78 is 0. The zero-order chi connectivity index (χ0) is 8.32. The number of hydrogen-bond acceptors (Lipinski definition) is 2. The summed E-state index contributed by atoms with van der Waals surface area (Å²) in [6.45, 7) is 8.69. The van der Waals surface area contributed by atoms with Crippen LogP contribution >= 0.6 is 0 Å². The van der Waals surface area contributed by atoms with Crippen molar-refractivity contribution in [2.75, 3.05) is 13.1 Å². The lowest BCUT2D eigenvalue weighted by atomic mass is 9.95. The molecule has 2 heteroatoms. The number of hydrogen-bond donors (Lipinski definition) is 1. The fourth-order valence-electron chi connectivity index (χ4n) is 1.19. The van der Waals surface area contributed by atoms with E-state index in [1.165, 1.54) is 18.7 Å². The second-order valence-corrected chi connectivity index (χ2v) is 4.11. The Kier molecular flexibility index (Phi) is 2.53. The van der Waals surface area contributed by atoms with Gasteiger partial charge in [0.2, 0.25) is 0 Å². The van der Waals surface area contributed by atoms with Crippen LogP contribution in [0.3, 0.4) is 0 Å². The molecule has 64 valence electrons. The summed E-state index contributed by atoms with van der Waals surface area (Å²) >= 11 is 0. The molecule has 2 nitrogen and oxygen atoms in total. The van der Waals surface area contributed by atoms with E-state index in [1.807, 2.05) is 0 Å². The van der Waals surface area contributed by atoms with E-state index in [0.717, 1.165) is 13.1 Å². The predicted molar refractivity (Wildman–Crippen MR) is 49.0 cm³/mol. The number of amidine groups is 1. The predicted octanol–water partition coefficient (Wildman–Crippen LogP) is 1.81. The highest BCUT2D eigenvalue weighted by Gasteiger charge is 2.18. The molecule has 0 fully saturated rings. The lowest BCUT2D eigenvalue weighted by molar-refractivity contribution is 0.564. The molecular weight excluding hydrogens is 136 g/mol. The van der Waals surface area contributed by atoms with Crippen molar-refractivity contribution in [2.24, 2.45) is 10.4 Å². The Morgan fingerprint density at radius 1 is 1.27 bits per heavy atom. The number of nitrogens with one attached hydrogen (secondary N) is 1. The average Bonchev–Trinajstić information content (AvgIpc) is 2.10. The van der Waals surface area contributed by atoms with Gasteiger partial charge in [-0.3, -0.25) is 4.99 Å². The quantitative estimate of drug-likeness (QED) is 0.565. The van der Waals surface area contributed by atoms with Gasteiger partial charge in [-0.05, 0) is 12.8 Å². The van der Waals surface area contributed by atoms with Gasteiger partial charge in [0.1, 0.15) is 5.84 Å². The molecule has 0 aromatic carbocycles. The second kappa shape index (κ2) is 3.24. The number of aliphatic imine (C=N–C) groups is 1. The van der Waals surface area contributed by atoms with Gasteiger partial charge >= 0.3 is 0 Å². The summed E-state index contributed by atoms with van der Waals surface area (Å²) in [5.74, 6) is 1.18. The molecule has 0 bridgehead atoms. The Morgan fingerprint density at radius 3 is 2.64 bits per heavy atom. The first kappa shape index (κ1) is 8.57. The van der Waals surface area contributed by atoms with Crippen LogP contribution in [-0.4, -0.2) is 18.9 Å². The SMILES string of the molecule is CC(C)(C)C1=NCCCCN1. The Balaban J connectivity index is 2.61. The molecule has 0 unspecified atom stereocenters. The molecule has 0 saturated heterocycles. The van der Waals surface area contributed by atoms with E-state index in [-0.39, 0.29) is 5.41 Å². The topological polar surface area (TPSA) is 24.4 Å². The van der Waals surface area contributed by atoms with Gasteiger partial charge in [0.15, 0.2) is 0 Å². The van der Waals surface area contributed by atoms with Crippen LogP contribution in [0.15, 0.2) is 4.99 Å². The fourth-order valence-corrected chi connectivity index (χ4v) is 1.19. The van der Waals surface area contributed by atoms with Crippen LogP contribution in [0.5, 0.6) is 0 Å². The molecule has 1 N–H and O–H groups in total. The second-order valence-electron chi connectivity index (χ2n) is 4.11. The lowest BCUT2D eigenvalue weighted by Crippen LogP contribution is -2.34. The summed E-state index contributed by atoms with van der Waals surface area (Å²) in [5.41, 5.74) is 0.199. The average molecular weight is 154 g/mol. The lowest BCUT2D eigenvalue weighted by Gasteiger charge is -2.21. The van der Waals surface area contributed by atoms with E-state index in [2.05, 4.69) is 31.1 Å². The van der Waals surface area contributed by atoms with E-state index in [4.69, 9.17) is 0 Å². The first-order valence-corrected chi connectivity index (χ1v) is 4.39. The van der Waals surface area contributed by atoms with Crippen LogP contribution in [-0.2, 0) is 0 Å². The van der Waals surface area contributed by atoms with Gasteiger partial charge in [-0.15, -0.1) is 0 Å². The maximum atomic E-state index is 4.50. The molecule has 11 heavy (non-hydrogen) atoms. The van der Waals surface area contributed by atoms with E-state index in [1.54, 1.807) is 0 Å². The van der Waals surface area contributed by atoms with Crippen molar-refractivity contribution in [2.45, 2.75) is 33.6 Å². The molecule has 1 heterocycles. The van der Waals surface area contributed by atoms with Crippen molar-refractivity contribution < 1.29 is 0 Å². The molecule has 0 radical (unpaired) electrons. The van der Waals surface area contributed by atoms with Gasteiger partial charge in [0, 0.05) is 18.5 Å². The monoisotopic (exact) mass is 154 g/mol. The van der Waals surface area contributed by atoms with Crippen molar-refractivity contribution in [3.63, 3.8) is 0 Å². The zero-order valence-electron chi connectivity index (χ0n) is 7.78. The van der Waals surface area contributed by atoms with E-state index >= 15 is 0 Å². The van der Waals surface area contributed by atoms with Crippen molar-refractivity contribution in [1.29, 1.82) is 0 Å². The largest absolute Gasteiger partial charge is 0.373 e. The van der Waals surface area contributed by atoms with Gasteiger partial charge in [-0.25, -0.2) is 0 Å². The third-order valence-corrected chi connectivity index (χ3v) is 1.86. The third-order valence-electron chi connectivity index (χ3n) is 1.86. The third kappa shape index (κ3) is 2.52. The molecule has 0 atom stereocenters. The standard InChI is InChI=1S/C9H18N2/c1-9(2,3)8-10-6-4-5-7-11-8/h4-7H2,1-3H3,(H,10,11). The Bertz CT molecular complexity index is 153. The van der Waals surface area contributed by atoms with Crippen LogP contribution in [0.4, 0.5) is 0 Å². The molecule has 0 spiro atoms. The molecular formula is C9H18N2. The van der Waals surface area contributed by atoms with Crippen LogP contribution in [0.25, 0.3) is 0 Å². The highest BCUT2D eigenvalue weighted by Crippen LogP contribution is 2.15. The van der Waals surface area contributed by atoms with Gasteiger partial charge in [-0.2, -0.15) is 0 Å². The molecule has 0 aromatic heterocycles. The highest BCUT2D eigenvalue weighted by atomic mass is 15.0. The van der Waals surface area contributed by atoms with Crippen molar-refractivity contribution in [3.8, 4) is 0 Å². The van der Waals surface area contributed by atoms with Crippen LogP contribution in [0.1, 0.15) is 33.6 Å². The normalized spacial score (nSPS) is 20.1. The van der Waals surface area contributed by atoms with Crippen LogP contribution < -0.4 is 5.32 Å². The Hall–Kier alpha value is -0.530. The van der Waals surface area contributed by atoms with Crippen molar-refractivity contribution in [3.05, 3.63) is 0 Å². The minimum atomic E-state index is 0.199. The highest BCUT2D eigenvalue weighted by molar-refractivity contribution is 5.87. The molecule has 0 saturated carbocycles. The Labute approximate surface area is 69.1 Å². The summed E-state index contributed by atoms with van der Waals surface area (Å²) in [4.78, 5) is 4.50. The van der Waals surface area contributed by atoms with E-state index in [0.29, 0.717) is 0 Å². The minimum absolute atomic E-state index is 0.199. The first-order chi connectivity index (χ1) is 5.11. The first-order valence-electron chi connectivity index (χ1n) is 4.39. The fraction of sp³-hybridized carbons (Fsp3) is 0.889. The minimum Gasteiger partial charge on any atom is -0.373 e. The summed E-state index contributed by atoms with van der Waals surface area (Å²) in [5, 5.41) is 3.37. The molecule has 1 rings (SSSR count). The van der Waals surface area contributed by atoms with Crippen molar-refractivity contribution in [1.82, 2.24) is 5.32 Å². The summed E-state index contributed by atoms with van der Waals surface area (Å²) in [6, 6.07) is 0. The molecule has 1 aliphatic heterocycles. The van der Waals surface area contributed by atoms with Crippen LogP contribution in [0.2, 0.25) is 0 Å². The van der Waals surface area contributed by atoms with E-state index < -0.39 is 0 Å². The maximum Gasteiger partial charge on any atom is 0.102 e. The zero-order valence-corrected chi connectivity index (χ0v) is 7.78. The van der Waals surface area contributed by atoms with Gasteiger partial charge in [0.25, 0.3) is 0 Å². The molecule has 0 aliphatic carbocycles. The van der Waals surface area contributed by atoms with Gasteiger partial charge < -0.3 is 5.32 Å². The van der Waals surface area contributed by atoms with Crippen LogP contribution in [0, 0.1) is 5.41 Å². The Morgan fingerprint density at radius 2 is 2.00 bits per heavy atom. The van der Waals surface area contributed by atoms with Gasteiger partial charge in [0.05, 0.1) is 0 Å². The smallest absolute Gasteiger partial charge is 0.102 e. The van der Waals surface area contributed by atoms with Crippen molar-refractivity contribution >= 4 is 5.84 Å². The summed E-state index contributed by atoms with van der Waals surface area (Å²) in [6.07, 6.45) is 2.48. The molecule has 0 aromatic rings. The summed E-state index contributed by atoms with van der Waals surface area (Å²) in [7, 11) is 0. The molecule has 1 aliphatic rings. The maximum absolute atomic E-state index is 4.50. The van der Waals surface area contributed by atoms with Gasteiger partial charge in [-0.1, -0.05) is 20.8 Å². The molecule has 0 amide bonds. The number of rotatable bonds is 0.